The highest BCUT2D eigenvalue weighted by Crippen LogP contribution is 2.60. The molecule has 0 bridgehead atoms. The molecule has 2 amide bonds. The van der Waals surface area contributed by atoms with Crippen LogP contribution in [0.15, 0.2) is 120 Å². The van der Waals surface area contributed by atoms with Crippen molar-refractivity contribution >= 4 is 30.8 Å². The Labute approximate surface area is 340 Å². The molecule has 0 saturated carbocycles. The minimum Gasteiger partial charge on any atom is -0.497 e. The Morgan fingerprint density at radius 2 is 1.53 bits per heavy atom. The SMILES string of the molecule is COc1ccc([Si](C)(C)[C@H]2[C@H](CC(=O)N(CCO)Cc3ccccc3)O[C@@]3(C(=O)N(Cc4ccc(-n5cccc(OC)c5=O)cc4)c4ccc(OC)cc43)[C@@H]2C)cc1. The zero-order valence-corrected chi connectivity index (χ0v) is 34.9. The van der Waals surface area contributed by atoms with Gasteiger partial charge in [-0.05, 0) is 71.3 Å². The summed E-state index contributed by atoms with van der Waals surface area (Å²) in [7, 11) is 2.16. The molecule has 1 N–H and O–H groups in total. The number of rotatable bonds is 14. The number of fused-ring (bicyclic) bond motifs is 2. The first-order valence-electron chi connectivity index (χ1n) is 19.6. The average molecular weight is 802 g/mol. The number of ether oxygens (including phenoxy) is 4. The van der Waals surface area contributed by atoms with Gasteiger partial charge in [-0.2, -0.15) is 0 Å². The quantitative estimate of drug-likeness (QED) is 0.135. The molecule has 302 valence electrons. The molecular weight excluding hydrogens is 751 g/mol. The Morgan fingerprint density at radius 1 is 0.845 bits per heavy atom. The van der Waals surface area contributed by atoms with Crippen LogP contribution in [-0.2, 0) is 33.0 Å². The van der Waals surface area contributed by atoms with Crippen LogP contribution in [0.4, 0.5) is 5.69 Å². The summed E-state index contributed by atoms with van der Waals surface area (Å²) in [6.07, 6.45) is 1.11. The van der Waals surface area contributed by atoms with Crippen molar-refractivity contribution in [3.63, 3.8) is 0 Å². The van der Waals surface area contributed by atoms with Gasteiger partial charge in [0.05, 0.1) is 60.8 Å². The Morgan fingerprint density at radius 3 is 2.19 bits per heavy atom. The largest absolute Gasteiger partial charge is 0.497 e. The standard InChI is InChI=1S/C46H51N3O8Si/c1-31-43(58(5,6)37-21-18-35(54-2)19-22-37)41(28-42(51)47(25-26-50)29-32-11-8-7-9-12-32)57-46(31)38-27-36(55-3)20-23-39(38)49(45(46)53)30-33-14-16-34(17-15-33)48-24-10-13-40(56-4)44(48)52/h7-24,27,31,41,43,50H,25-26,28-30H2,1-6H3/t31-,41+,43-,46+/m1/s1. The van der Waals surface area contributed by atoms with Crippen molar-refractivity contribution in [2.45, 2.75) is 56.8 Å². The van der Waals surface area contributed by atoms with Gasteiger partial charge in [0.2, 0.25) is 5.91 Å². The predicted octanol–water partition coefficient (Wildman–Crippen LogP) is 6.04. The van der Waals surface area contributed by atoms with Crippen LogP contribution in [0.2, 0.25) is 18.6 Å². The van der Waals surface area contributed by atoms with Crippen LogP contribution < -0.4 is 29.9 Å². The van der Waals surface area contributed by atoms with Gasteiger partial charge in [-0.3, -0.25) is 19.0 Å². The molecule has 1 aromatic heterocycles. The number of amides is 2. The monoisotopic (exact) mass is 801 g/mol. The van der Waals surface area contributed by atoms with Crippen LogP contribution >= 0.6 is 0 Å². The smallest absolute Gasteiger partial charge is 0.297 e. The minimum absolute atomic E-state index is 0.0356. The van der Waals surface area contributed by atoms with Crippen LogP contribution in [0.3, 0.4) is 0 Å². The zero-order chi connectivity index (χ0) is 41.2. The molecule has 4 atom stereocenters. The van der Waals surface area contributed by atoms with Gasteiger partial charge in [0.1, 0.15) is 11.5 Å². The second-order valence-electron chi connectivity index (χ2n) is 15.6. The van der Waals surface area contributed by atoms with Crippen molar-refractivity contribution in [2.24, 2.45) is 5.92 Å². The Kier molecular flexibility index (Phi) is 11.6. The van der Waals surface area contributed by atoms with Gasteiger partial charge in [0, 0.05) is 36.5 Å². The lowest BCUT2D eigenvalue weighted by molar-refractivity contribution is -0.150. The number of carbonyl (C=O) groups excluding carboxylic acids is 2. The fourth-order valence-corrected chi connectivity index (χ4v) is 13.1. The fourth-order valence-electron chi connectivity index (χ4n) is 9.07. The van der Waals surface area contributed by atoms with E-state index in [9.17, 15) is 14.7 Å². The molecule has 1 fully saturated rings. The number of aromatic nitrogens is 1. The fraction of sp³-hybridized carbons (Fsp3) is 0.326. The van der Waals surface area contributed by atoms with Gasteiger partial charge < -0.3 is 33.9 Å². The van der Waals surface area contributed by atoms with Crippen LogP contribution in [-0.4, -0.2) is 75.0 Å². The molecule has 1 saturated heterocycles. The molecule has 11 nitrogen and oxygen atoms in total. The highest BCUT2D eigenvalue weighted by Gasteiger charge is 2.66. The van der Waals surface area contributed by atoms with Crippen LogP contribution in [0.1, 0.15) is 30.0 Å². The van der Waals surface area contributed by atoms with Crippen molar-refractivity contribution < 1.29 is 33.6 Å². The number of hydrogen-bond donors (Lipinski definition) is 1. The topological polar surface area (TPSA) is 120 Å². The third-order valence-electron chi connectivity index (χ3n) is 12.0. The predicted molar refractivity (Wildman–Crippen MR) is 226 cm³/mol. The van der Waals surface area contributed by atoms with Gasteiger partial charge in [0.15, 0.2) is 11.4 Å². The highest BCUT2D eigenvalue weighted by atomic mass is 28.3. The molecule has 12 heteroatoms. The van der Waals surface area contributed by atoms with E-state index in [1.54, 1.807) is 42.3 Å². The van der Waals surface area contributed by atoms with Crippen molar-refractivity contribution in [2.75, 3.05) is 39.4 Å². The lowest BCUT2D eigenvalue weighted by Crippen LogP contribution is -2.52. The molecule has 7 rings (SSSR count). The maximum absolute atomic E-state index is 15.4. The number of anilines is 1. The number of benzene rings is 4. The summed E-state index contributed by atoms with van der Waals surface area (Å²) >= 11 is 0. The third-order valence-corrected chi connectivity index (χ3v) is 16.4. The highest BCUT2D eigenvalue weighted by molar-refractivity contribution is 6.91. The van der Waals surface area contributed by atoms with E-state index in [0.29, 0.717) is 29.2 Å². The van der Waals surface area contributed by atoms with Crippen molar-refractivity contribution in [1.29, 1.82) is 0 Å². The molecule has 58 heavy (non-hydrogen) atoms. The van der Waals surface area contributed by atoms with E-state index < -0.39 is 19.8 Å². The number of nitrogens with zero attached hydrogens (tertiary/aromatic N) is 3. The van der Waals surface area contributed by atoms with E-state index >= 15 is 4.79 Å². The number of aliphatic hydroxyl groups is 1. The van der Waals surface area contributed by atoms with Gasteiger partial charge >= 0.3 is 0 Å². The molecule has 2 aliphatic rings. The first-order valence-corrected chi connectivity index (χ1v) is 22.6. The number of hydrogen-bond acceptors (Lipinski definition) is 8. The minimum atomic E-state index is -2.55. The molecule has 0 radical (unpaired) electrons. The summed E-state index contributed by atoms with van der Waals surface area (Å²) in [6.45, 7) is 7.23. The Balaban J connectivity index is 1.28. The number of methoxy groups -OCH3 is 3. The summed E-state index contributed by atoms with van der Waals surface area (Å²) in [5, 5.41) is 11.2. The van der Waals surface area contributed by atoms with Crippen molar-refractivity contribution in [3.05, 3.63) is 142 Å². The van der Waals surface area contributed by atoms with E-state index in [2.05, 4.69) is 32.2 Å². The van der Waals surface area contributed by atoms with E-state index in [4.69, 9.17) is 18.9 Å². The van der Waals surface area contributed by atoms with E-state index in [0.717, 1.165) is 22.1 Å². The zero-order valence-electron chi connectivity index (χ0n) is 33.9. The van der Waals surface area contributed by atoms with E-state index in [1.165, 1.54) is 11.7 Å². The first-order chi connectivity index (χ1) is 28.0. The van der Waals surface area contributed by atoms with Gasteiger partial charge in [0.25, 0.3) is 11.5 Å². The maximum Gasteiger partial charge on any atom is 0.297 e. The number of pyridine rings is 1. The van der Waals surface area contributed by atoms with E-state index in [1.807, 2.05) is 84.9 Å². The lowest BCUT2D eigenvalue weighted by Gasteiger charge is -2.37. The average Bonchev–Trinajstić information content (AvgIpc) is 3.66. The molecule has 5 aromatic rings. The van der Waals surface area contributed by atoms with Gasteiger partial charge in [-0.1, -0.05) is 79.8 Å². The maximum atomic E-state index is 15.4. The molecule has 4 aromatic carbocycles. The molecule has 2 aliphatic heterocycles. The Bertz CT molecular complexity index is 2310. The summed E-state index contributed by atoms with van der Waals surface area (Å²) in [5.74, 6) is 0.884. The molecule has 0 unspecified atom stereocenters. The van der Waals surface area contributed by atoms with Crippen LogP contribution in [0, 0.1) is 5.92 Å². The summed E-state index contributed by atoms with van der Waals surface area (Å²) in [5.41, 5.74) is 2.04. The molecule has 3 heterocycles. The summed E-state index contributed by atoms with van der Waals surface area (Å²) in [6, 6.07) is 34.4. The normalized spacial score (nSPS) is 19.9. The van der Waals surface area contributed by atoms with Crippen LogP contribution in [0.25, 0.3) is 5.69 Å². The van der Waals surface area contributed by atoms with Gasteiger partial charge in [-0.15, -0.1) is 0 Å². The summed E-state index contributed by atoms with van der Waals surface area (Å²) < 4.78 is 25.2. The Hall–Kier alpha value is -5.69. The van der Waals surface area contributed by atoms with Crippen molar-refractivity contribution in [1.82, 2.24) is 9.47 Å². The number of aliphatic hydroxyl groups excluding tert-OH is 1. The molecule has 1 spiro atoms. The lowest BCUT2D eigenvalue weighted by atomic mass is 9.82. The summed E-state index contributed by atoms with van der Waals surface area (Å²) in [4.78, 5) is 46.2. The first kappa shape index (κ1) is 40.5. The number of carbonyl (C=O) groups is 2. The van der Waals surface area contributed by atoms with Crippen LogP contribution in [0.5, 0.6) is 17.2 Å². The van der Waals surface area contributed by atoms with E-state index in [-0.39, 0.29) is 60.7 Å². The second kappa shape index (κ2) is 16.7. The second-order valence-corrected chi connectivity index (χ2v) is 20.3. The van der Waals surface area contributed by atoms with Crippen molar-refractivity contribution in [3.8, 4) is 22.9 Å². The molecule has 0 aliphatic carbocycles. The third kappa shape index (κ3) is 7.31. The van der Waals surface area contributed by atoms with Gasteiger partial charge in [-0.25, -0.2) is 0 Å². The molecular formula is C46H51N3O8Si.